The summed E-state index contributed by atoms with van der Waals surface area (Å²) in [4.78, 5) is 46.7. The molecule has 238 valence electrons. The number of allylic oxidation sites excluding steroid dienone is 1. The maximum Gasteiger partial charge on any atom is 0.340 e. The molecule has 0 spiro atoms. The van der Waals surface area contributed by atoms with Crippen LogP contribution in [0.4, 0.5) is 0 Å². The highest BCUT2D eigenvalue weighted by Gasteiger charge is 2.64. The molecule has 0 bridgehead atoms. The van der Waals surface area contributed by atoms with Gasteiger partial charge in [0.2, 0.25) is 5.78 Å². The first-order valence-electron chi connectivity index (χ1n) is 15.4. The van der Waals surface area contributed by atoms with E-state index in [2.05, 4.69) is 16.8 Å². The number of fused-ring (bicyclic) bond motifs is 4. The van der Waals surface area contributed by atoms with Crippen molar-refractivity contribution in [1.29, 1.82) is 0 Å². The van der Waals surface area contributed by atoms with Crippen molar-refractivity contribution in [3.63, 3.8) is 0 Å². The number of hydrogen-bond acceptors (Lipinski definition) is 11. The van der Waals surface area contributed by atoms with Crippen LogP contribution in [0.3, 0.4) is 0 Å². The summed E-state index contributed by atoms with van der Waals surface area (Å²) in [5.74, 6) is -2.59. The Kier molecular flexibility index (Phi) is 8.83. The van der Waals surface area contributed by atoms with Crippen LogP contribution in [0, 0.1) is 16.7 Å². The molecule has 6 atom stereocenters. The van der Waals surface area contributed by atoms with Gasteiger partial charge in [-0.2, -0.15) is 0 Å². The zero-order valence-corrected chi connectivity index (χ0v) is 26.4. The number of nitrogens with zero attached hydrogens (tertiary/aromatic N) is 3. The molecule has 3 aliphatic carbocycles. The van der Waals surface area contributed by atoms with Crippen molar-refractivity contribution in [2.45, 2.75) is 64.8 Å². The summed E-state index contributed by atoms with van der Waals surface area (Å²) < 4.78 is 17.4. The molecule has 2 heterocycles. The molecule has 43 heavy (non-hydrogen) atoms. The van der Waals surface area contributed by atoms with Gasteiger partial charge in [0.05, 0.1) is 23.7 Å². The van der Waals surface area contributed by atoms with E-state index in [-0.39, 0.29) is 23.7 Å². The van der Waals surface area contributed by atoms with Gasteiger partial charge in [0.15, 0.2) is 5.76 Å². The quantitative estimate of drug-likeness (QED) is 0.312. The highest BCUT2D eigenvalue weighted by atomic mass is 16.6. The fourth-order valence-electron chi connectivity index (χ4n) is 8.17. The second-order valence-electron chi connectivity index (χ2n) is 13.4. The molecule has 1 saturated carbocycles. The molecule has 5 rings (SSSR count). The Bertz CT molecular complexity index is 1250. The van der Waals surface area contributed by atoms with Gasteiger partial charge < -0.3 is 39.1 Å². The molecule has 3 fully saturated rings. The molecule has 2 N–H and O–H groups in total. The number of carbonyl (C=O) groups excluding carboxylic acids is 3. The predicted octanol–water partition coefficient (Wildman–Crippen LogP) is 1.82. The van der Waals surface area contributed by atoms with Gasteiger partial charge in [0.25, 0.3) is 0 Å². The zero-order valence-electron chi connectivity index (χ0n) is 26.4. The summed E-state index contributed by atoms with van der Waals surface area (Å²) in [5.41, 5.74) is -0.739. The van der Waals surface area contributed by atoms with Crippen LogP contribution in [-0.4, -0.2) is 128 Å². The number of cyclic esters (lactones) is 1. The van der Waals surface area contributed by atoms with E-state index in [1.807, 2.05) is 25.8 Å². The van der Waals surface area contributed by atoms with E-state index < -0.39 is 52.6 Å². The number of rotatable bonds is 8. The maximum absolute atomic E-state index is 14.1. The van der Waals surface area contributed by atoms with Crippen LogP contribution in [0.1, 0.15) is 46.5 Å². The Balaban J connectivity index is 1.54. The predicted molar refractivity (Wildman–Crippen MR) is 158 cm³/mol. The van der Waals surface area contributed by atoms with Crippen LogP contribution in [0.5, 0.6) is 0 Å². The minimum absolute atomic E-state index is 0.00941. The number of methoxy groups -OCH3 is 1. The number of hydrogen-bond donors (Lipinski definition) is 2. The van der Waals surface area contributed by atoms with E-state index in [9.17, 15) is 24.6 Å². The van der Waals surface area contributed by atoms with Gasteiger partial charge in [-0.05, 0) is 57.7 Å². The first-order valence-corrected chi connectivity index (χ1v) is 15.4. The lowest BCUT2D eigenvalue weighted by Gasteiger charge is -2.54. The van der Waals surface area contributed by atoms with Crippen molar-refractivity contribution in [1.82, 2.24) is 14.7 Å². The van der Waals surface area contributed by atoms with Crippen molar-refractivity contribution in [3.8, 4) is 0 Å². The van der Waals surface area contributed by atoms with Crippen LogP contribution in [0.25, 0.3) is 0 Å². The molecular formula is C32H47N3O8. The molecular weight excluding hydrogens is 554 g/mol. The molecule has 0 unspecified atom stereocenters. The molecule has 0 aromatic rings. The van der Waals surface area contributed by atoms with Crippen LogP contribution < -0.4 is 0 Å². The van der Waals surface area contributed by atoms with Crippen molar-refractivity contribution in [2.75, 3.05) is 67.1 Å². The lowest BCUT2D eigenvalue weighted by Crippen LogP contribution is -2.57. The van der Waals surface area contributed by atoms with E-state index in [4.69, 9.17) is 14.2 Å². The van der Waals surface area contributed by atoms with E-state index in [0.29, 0.717) is 37.0 Å². The number of piperazine rings is 1. The Labute approximate surface area is 254 Å². The topological polar surface area (TPSA) is 129 Å². The molecule has 11 nitrogen and oxygen atoms in total. The molecule has 0 amide bonds. The Morgan fingerprint density at radius 1 is 1.19 bits per heavy atom. The summed E-state index contributed by atoms with van der Waals surface area (Å²) in [6.45, 7) is 10.8. The summed E-state index contributed by atoms with van der Waals surface area (Å²) in [6, 6.07) is 0. The third-order valence-electron chi connectivity index (χ3n) is 10.6. The van der Waals surface area contributed by atoms with E-state index in [0.717, 1.165) is 39.1 Å². The lowest BCUT2D eigenvalue weighted by molar-refractivity contribution is -0.161. The number of Topliss-reactive ketones (excluding diaryl/α,β-unsaturated/α-hetero) is 1. The van der Waals surface area contributed by atoms with Gasteiger partial charge in [0.1, 0.15) is 12.2 Å². The smallest absolute Gasteiger partial charge is 0.340 e. The average molecular weight is 602 g/mol. The van der Waals surface area contributed by atoms with E-state index in [1.54, 1.807) is 6.20 Å². The van der Waals surface area contributed by atoms with E-state index >= 15 is 0 Å². The third kappa shape index (κ3) is 5.43. The van der Waals surface area contributed by atoms with Crippen molar-refractivity contribution < 1.29 is 38.8 Å². The van der Waals surface area contributed by atoms with Crippen molar-refractivity contribution in [3.05, 3.63) is 34.3 Å². The second-order valence-corrected chi connectivity index (χ2v) is 13.4. The van der Waals surface area contributed by atoms with Crippen molar-refractivity contribution in [2.24, 2.45) is 16.7 Å². The molecule has 0 aromatic heterocycles. The summed E-state index contributed by atoms with van der Waals surface area (Å²) >= 11 is 0. The van der Waals surface area contributed by atoms with Crippen LogP contribution >= 0.6 is 0 Å². The molecule has 0 aromatic carbocycles. The number of ether oxygens (including phenoxy) is 3. The average Bonchev–Trinajstić information content (AvgIpc) is 3.23. The fraction of sp³-hybridized carbons (Fsp3) is 0.719. The standard InChI is InChI=1S/C32H47N3O8/c1-19(36)42-22-16-31(2)21(8-9-23(31)37)25-27(22)32(3)24(18-41-6)43-30(40)20(26(32)29(39)28(25)38)17-34(5)10-7-11-35-14-12-33(4)13-15-35/h17,21-24,37,39H,7-16,18H2,1-6H3/b20-17+/t21-,22+,23-,24+,31-,32-/m0/s1. The van der Waals surface area contributed by atoms with E-state index in [1.165, 1.54) is 14.0 Å². The minimum Gasteiger partial charge on any atom is -0.504 e. The monoisotopic (exact) mass is 601 g/mol. The number of ketones is 1. The highest BCUT2D eigenvalue weighted by molar-refractivity contribution is 6.13. The van der Waals surface area contributed by atoms with Crippen LogP contribution in [0.15, 0.2) is 34.3 Å². The number of aliphatic hydroxyl groups is 2. The highest BCUT2D eigenvalue weighted by Crippen LogP contribution is 2.63. The maximum atomic E-state index is 14.1. The molecule has 5 aliphatic rings. The SMILES string of the molecule is COC[C@H]1OC(=O)/C(=C/N(C)CCCN2CCN(C)CC2)C2=C(O)C(=O)C3=C([C@H](OC(C)=O)C[C@]4(C)[C@@H](O)CC[C@@H]34)[C@]21C. The van der Waals surface area contributed by atoms with Gasteiger partial charge in [-0.1, -0.05) is 6.92 Å². The summed E-state index contributed by atoms with van der Waals surface area (Å²) in [6.07, 6.45) is 1.47. The summed E-state index contributed by atoms with van der Waals surface area (Å²) in [7, 11) is 5.49. The fourth-order valence-corrected chi connectivity index (χ4v) is 8.17. The third-order valence-corrected chi connectivity index (χ3v) is 10.6. The minimum atomic E-state index is -1.21. The molecule has 0 radical (unpaired) electrons. The summed E-state index contributed by atoms with van der Waals surface area (Å²) in [5, 5.41) is 22.7. The Morgan fingerprint density at radius 2 is 1.88 bits per heavy atom. The first-order chi connectivity index (χ1) is 20.3. The van der Waals surface area contributed by atoms with Gasteiger partial charge >= 0.3 is 11.9 Å². The van der Waals surface area contributed by atoms with Crippen LogP contribution in [0.2, 0.25) is 0 Å². The van der Waals surface area contributed by atoms with Gasteiger partial charge in [-0.3, -0.25) is 9.59 Å². The number of esters is 2. The van der Waals surface area contributed by atoms with Crippen molar-refractivity contribution >= 4 is 17.7 Å². The number of likely N-dealkylation sites (N-methyl/N-ethyl adjacent to an activating group) is 1. The van der Waals surface area contributed by atoms with Crippen LogP contribution in [-0.2, 0) is 28.6 Å². The Hall–Kier alpha value is -2.73. The molecule has 2 aliphatic heterocycles. The molecule has 11 heteroatoms. The largest absolute Gasteiger partial charge is 0.504 e. The van der Waals surface area contributed by atoms with Gasteiger partial charge in [0, 0.05) is 76.6 Å². The number of aliphatic hydroxyl groups excluding tert-OH is 2. The Morgan fingerprint density at radius 3 is 2.53 bits per heavy atom. The van der Waals surface area contributed by atoms with Gasteiger partial charge in [-0.25, -0.2) is 4.79 Å². The van der Waals surface area contributed by atoms with Gasteiger partial charge in [-0.15, -0.1) is 0 Å². The number of carbonyl (C=O) groups is 3. The first kappa shape index (κ1) is 31.7. The zero-order chi connectivity index (χ0) is 31.3. The normalized spacial score (nSPS) is 35.9. The second kappa shape index (κ2) is 12.0. The molecule has 2 saturated heterocycles. The lowest BCUT2D eigenvalue weighted by atomic mass is 9.53.